The molecule has 96 valence electrons. The zero-order valence-corrected chi connectivity index (χ0v) is 10.5. The van der Waals surface area contributed by atoms with E-state index in [9.17, 15) is 14.7 Å². The Labute approximate surface area is 101 Å². The van der Waals surface area contributed by atoms with Gasteiger partial charge in [0.05, 0.1) is 0 Å². The van der Waals surface area contributed by atoms with Gasteiger partial charge >= 0.3 is 12.0 Å². The van der Waals surface area contributed by atoms with Gasteiger partial charge in [-0.2, -0.15) is 0 Å². The summed E-state index contributed by atoms with van der Waals surface area (Å²) in [6.07, 6.45) is 3.36. The number of hydrogen-bond donors (Lipinski definition) is 1. The molecule has 5 nitrogen and oxygen atoms in total. The molecule has 0 aromatic rings. The third-order valence-electron chi connectivity index (χ3n) is 4.13. The fourth-order valence-corrected chi connectivity index (χ4v) is 2.86. The van der Waals surface area contributed by atoms with Crippen molar-refractivity contribution in [1.82, 2.24) is 9.80 Å². The van der Waals surface area contributed by atoms with Crippen LogP contribution in [0.4, 0.5) is 4.79 Å². The molecular formula is C12H20N2O3. The first kappa shape index (κ1) is 12.2. The molecule has 0 saturated carbocycles. The van der Waals surface area contributed by atoms with Crippen molar-refractivity contribution >= 4 is 12.0 Å². The van der Waals surface area contributed by atoms with Gasteiger partial charge in [0.1, 0.15) is 5.54 Å². The first-order valence-corrected chi connectivity index (χ1v) is 6.28. The predicted octanol–water partition coefficient (Wildman–Crippen LogP) is 1.53. The highest BCUT2D eigenvalue weighted by atomic mass is 16.4. The molecule has 2 aliphatic heterocycles. The van der Waals surface area contributed by atoms with E-state index in [0.717, 1.165) is 25.8 Å². The van der Waals surface area contributed by atoms with Crippen molar-refractivity contribution in [2.75, 3.05) is 13.1 Å². The summed E-state index contributed by atoms with van der Waals surface area (Å²) in [6.45, 7) is 5.00. The molecule has 0 bridgehead atoms. The minimum Gasteiger partial charge on any atom is -0.480 e. The van der Waals surface area contributed by atoms with Gasteiger partial charge in [-0.25, -0.2) is 9.59 Å². The molecule has 2 saturated heterocycles. The molecular weight excluding hydrogens is 220 g/mol. The van der Waals surface area contributed by atoms with Gasteiger partial charge in [-0.1, -0.05) is 0 Å². The quantitative estimate of drug-likeness (QED) is 0.756. The number of carbonyl (C=O) groups excluding carboxylic acids is 1. The Hall–Kier alpha value is -1.26. The molecule has 2 unspecified atom stereocenters. The van der Waals surface area contributed by atoms with E-state index in [-0.39, 0.29) is 12.1 Å². The van der Waals surface area contributed by atoms with Gasteiger partial charge in [-0.05, 0) is 39.5 Å². The molecule has 0 aromatic heterocycles. The van der Waals surface area contributed by atoms with Gasteiger partial charge in [-0.3, -0.25) is 0 Å². The van der Waals surface area contributed by atoms with E-state index in [2.05, 4.69) is 0 Å². The molecule has 2 atom stereocenters. The monoisotopic (exact) mass is 240 g/mol. The van der Waals surface area contributed by atoms with E-state index in [1.807, 2.05) is 11.8 Å². The van der Waals surface area contributed by atoms with Crippen molar-refractivity contribution in [2.45, 2.75) is 51.1 Å². The molecule has 0 aliphatic carbocycles. The van der Waals surface area contributed by atoms with Gasteiger partial charge in [0.15, 0.2) is 0 Å². The highest BCUT2D eigenvalue weighted by molar-refractivity contribution is 5.86. The van der Waals surface area contributed by atoms with Crippen LogP contribution in [0.25, 0.3) is 0 Å². The number of urea groups is 1. The number of amides is 2. The lowest BCUT2D eigenvalue weighted by Gasteiger charge is -2.35. The zero-order valence-electron chi connectivity index (χ0n) is 10.5. The average molecular weight is 240 g/mol. The number of nitrogens with zero attached hydrogens (tertiary/aromatic N) is 2. The van der Waals surface area contributed by atoms with E-state index in [1.54, 1.807) is 6.92 Å². The molecule has 2 heterocycles. The van der Waals surface area contributed by atoms with Crippen LogP contribution in [0.1, 0.15) is 39.5 Å². The van der Waals surface area contributed by atoms with Crippen molar-refractivity contribution in [1.29, 1.82) is 0 Å². The van der Waals surface area contributed by atoms with Crippen LogP contribution >= 0.6 is 0 Å². The summed E-state index contributed by atoms with van der Waals surface area (Å²) < 4.78 is 0. The molecule has 0 radical (unpaired) electrons. The summed E-state index contributed by atoms with van der Waals surface area (Å²) in [4.78, 5) is 27.0. The predicted molar refractivity (Wildman–Crippen MR) is 62.8 cm³/mol. The second-order valence-corrected chi connectivity index (χ2v) is 5.30. The van der Waals surface area contributed by atoms with Crippen LogP contribution in [0.2, 0.25) is 0 Å². The maximum atomic E-state index is 12.4. The largest absolute Gasteiger partial charge is 0.480 e. The Kier molecular flexibility index (Phi) is 3.02. The topological polar surface area (TPSA) is 60.9 Å². The van der Waals surface area contributed by atoms with Gasteiger partial charge in [0.2, 0.25) is 0 Å². The average Bonchev–Trinajstić information content (AvgIpc) is 2.84. The lowest BCUT2D eigenvalue weighted by molar-refractivity contribution is -0.147. The summed E-state index contributed by atoms with van der Waals surface area (Å²) in [5.74, 6) is -0.893. The van der Waals surface area contributed by atoms with Gasteiger partial charge in [-0.15, -0.1) is 0 Å². The number of carboxylic acid groups (broad SMARTS) is 1. The summed E-state index contributed by atoms with van der Waals surface area (Å²) in [5.41, 5.74) is -1.01. The normalized spacial score (nSPS) is 33.2. The summed E-state index contributed by atoms with van der Waals surface area (Å²) >= 11 is 0. The first-order chi connectivity index (χ1) is 7.97. The molecule has 0 spiro atoms. The van der Waals surface area contributed by atoms with E-state index < -0.39 is 11.5 Å². The molecule has 17 heavy (non-hydrogen) atoms. The lowest BCUT2D eigenvalue weighted by Crippen LogP contribution is -2.55. The van der Waals surface area contributed by atoms with Crippen molar-refractivity contribution in [3.05, 3.63) is 0 Å². The number of rotatable bonds is 1. The fourth-order valence-electron chi connectivity index (χ4n) is 2.86. The third kappa shape index (κ3) is 1.87. The highest BCUT2D eigenvalue weighted by Crippen LogP contribution is 2.32. The SMILES string of the molecule is CC1CCCN1C(=O)N1CCCC1(C)C(=O)O. The maximum absolute atomic E-state index is 12.4. The van der Waals surface area contributed by atoms with Gasteiger partial charge in [0.25, 0.3) is 0 Å². The standard InChI is InChI=1S/C12H20N2O3/c1-9-5-3-7-13(9)11(17)14-8-4-6-12(14,2)10(15)16/h9H,3-8H2,1-2H3,(H,15,16). The molecule has 2 fully saturated rings. The summed E-state index contributed by atoms with van der Waals surface area (Å²) in [7, 11) is 0. The van der Waals surface area contributed by atoms with Crippen molar-refractivity contribution in [3.8, 4) is 0 Å². The van der Waals surface area contributed by atoms with Crippen LogP contribution in [0, 0.1) is 0 Å². The molecule has 1 N–H and O–H groups in total. The number of aliphatic carboxylic acids is 1. The number of carbonyl (C=O) groups is 2. The second kappa shape index (κ2) is 4.20. The number of likely N-dealkylation sites (tertiary alicyclic amines) is 2. The second-order valence-electron chi connectivity index (χ2n) is 5.30. The van der Waals surface area contributed by atoms with E-state index in [1.165, 1.54) is 4.90 Å². The summed E-state index contributed by atoms with van der Waals surface area (Å²) in [5, 5.41) is 9.29. The third-order valence-corrected chi connectivity index (χ3v) is 4.13. The summed E-state index contributed by atoms with van der Waals surface area (Å²) in [6, 6.07) is 0.138. The van der Waals surface area contributed by atoms with Gasteiger partial charge in [0, 0.05) is 19.1 Å². The Morgan fingerprint density at radius 3 is 2.53 bits per heavy atom. The highest BCUT2D eigenvalue weighted by Gasteiger charge is 2.47. The lowest BCUT2D eigenvalue weighted by atomic mass is 10.00. The van der Waals surface area contributed by atoms with E-state index in [0.29, 0.717) is 13.0 Å². The molecule has 2 rings (SSSR count). The minimum atomic E-state index is -1.01. The minimum absolute atomic E-state index is 0.0996. The van der Waals surface area contributed by atoms with Crippen molar-refractivity contribution in [2.24, 2.45) is 0 Å². The van der Waals surface area contributed by atoms with E-state index >= 15 is 0 Å². The van der Waals surface area contributed by atoms with Crippen LogP contribution < -0.4 is 0 Å². The molecule has 5 heteroatoms. The Balaban J connectivity index is 2.16. The van der Waals surface area contributed by atoms with E-state index in [4.69, 9.17) is 0 Å². The molecule has 2 aliphatic rings. The Morgan fingerprint density at radius 2 is 2.00 bits per heavy atom. The van der Waals surface area contributed by atoms with Crippen LogP contribution in [-0.2, 0) is 4.79 Å². The fraction of sp³-hybridized carbons (Fsp3) is 0.833. The maximum Gasteiger partial charge on any atom is 0.329 e. The number of carboxylic acids is 1. The smallest absolute Gasteiger partial charge is 0.329 e. The van der Waals surface area contributed by atoms with Gasteiger partial charge < -0.3 is 14.9 Å². The van der Waals surface area contributed by atoms with Crippen molar-refractivity contribution in [3.63, 3.8) is 0 Å². The number of hydrogen-bond acceptors (Lipinski definition) is 2. The van der Waals surface area contributed by atoms with Crippen LogP contribution in [0.3, 0.4) is 0 Å². The van der Waals surface area contributed by atoms with Crippen LogP contribution in [0.5, 0.6) is 0 Å². The zero-order chi connectivity index (χ0) is 12.6. The van der Waals surface area contributed by atoms with Crippen LogP contribution in [0.15, 0.2) is 0 Å². The first-order valence-electron chi connectivity index (χ1n) is 6.28. The Morgan fingerprint density at radius 1 is 1.29 bits per heavy atom. The molecule has 2 amide bonds. The Bertz CT molecular complexity index is 345. The van der Waals surface area contributed by atoms with Crippen molar-refractivity contribution < 1.29 is 14.7 Å². The molecule has 0 aromatic carbocycles. The van der Waals surface area contributed by atoms with Crippen LogP contribution in [-0.4, -0.2) is 51.6 Å².